The third-order valence-corrected chi connectivity index (χ3v) is 1.26. The molecule has 0 unspecified atom stereocenters. The van der Waals surface area contributed by atoms with Crippen LogP contribution in [0.3, 0.4) is 0 Å². The van der Waals surface area contributed by atoms with Crippen LogP contribution < -0.4 is 0 Å². The van der Waals surface area contributed by atoms with E-state index in [0.717, 1.165) is 0 Å². The Morgan fingerprint density at radius 2 is 2.27 bits per heavy atom. The topological polar surface area (TPSA) is 32.9 Å². The van der Waals surface area contributed by atoms with Gasteiger partial charge in [-0.05, 0) is 6.07 Å². The Morgan fingerprint density at radius 1 is 1.64 bits per heavy atom. The summed E-state index contributed by atoms with van der Waals surface area (Å²) >= 11 is 0. The second-order valence-corrected chi connectivity index (χ2v) is 2.32. The van der Waals surface area contributed by atoms with Gasteiger partial charge in [0.05, 0.1) is 0 Å². The van der Waals surface area contributed by atoms with Crippen molar-refractivity contribution in [3.05, 3.63) is 24.0 Å². The molecule has 0 radical (unpaired) electrons. The van der Waals surface area contributed by atoms with E-state index in [1.807, 2.05) is 0 Å². The number of Topliss-reactive ketones (excluding diaryl/α,β-unsaturated/α-hetero) is 1. The van der Waals surface area contributed by atoms with Crippen LogP contribution in [-0.4, -0.2) is 16.7 Å². The van der Waals surface area contributed by atoms with Crippen LogP contribution in [0.5, 0.6) is 0 Å². The maximum atomic E-state index is 12.3. The van der Waals surface area contributed by atoms with Crippen LogP contribution in [0.1, 0.15) is 17.3 Å². The van der Waals surface area contributed by atoms with Gasteiger partial charge in [0.1, 0.15) is 0 Å². The predicted octanol–water partition coefficient (Wildman–Crippen LogP) is 1.85. The molecule has 1 aromatic rings. The van der Waals surface area contributed by atoms with Gasteiger partial charge in [-0.25, -0.2) is 0 Å². The largest absolute Gasteiger partial charge is 0.367 e. The van der Waals surface area contributed by atoms with Crippen molar-refractivity contribution in [1.82, 2.24) is 4.98 Å². The molecule has 0 bridgehead atoms. The Bertz CT molecular complexity index is 248. The SMILES string of the molecule is CC(F)(F)C(=O)c1cc[nH]c1. The van der Waals surface area contributed by atoms with Crippen molar-refractivity contribution in [3.63, 3.8) is 0 Å². The highest BCUT2D eigenvalue weighted by molar-refractivity contribution is 6.00. The Balaban J connectivity index is 2.88. The van der Waals surface area contributed by atoms with Crippen molar-refractivity contribution in [2.75, 3.05) is 0 Å². The van der Waals surface area contributed by atoms with Gasteiger partial charge in [-0.1, -0.05) is 0 Å². The maximum Gasteiger partial charge on any atom is 0.307 e. The van der Waals surface area contributed by atoms with Crippen LogP contribution >= 0.6 is 0 Å². The molecule has 1 heterocycles. The third kappa shape index (κ3) is 1.63. The Labute approximate surface area is 62.2 Å². The average molecular weight is 159 g/mol. The highest BCUT2D eigenvalue weighted by atomic mass is 19.3. The molecule has 1 rings (SSSR count). The summed E-state index contributed by atoms with van der Waals surface area (Å²) in [7, 11) is 0. The van der Waals surface area contributed by atoms with Crippen molar-refractivity contribution >= 4 is 5.78 Å². The number of aromatic nitrogens is 1. The molecule has 2 nitrogen and oxygen atoms in total. The zero-order valence-electron chi connectivity index (χ0n) is 5.90. The Hall–Kier alpha value is -1.19. The van der Waals surface area contributed by atoms with Crippen LogP contribution in [-0.2, 0) is 0 Å². The zero-order chi connectivity index (χ0) is 8.48. The first-order chi connectivity index (χ1) is 5.02. The second-order valence-electron chi connectivity index (χ2n) is 2.32. The van der Waals surface area contributed by atoms with Gasteiger partial charge in [-0.3, -0.25) is 4.79 Å². The van der Waals surface area contributed by atoms with Gasteiger partial charge in [0.2, 0.25) is 5.78 Å². The van der Waals surface area contributed by atoms with Crippen LogP contribution in [0, 0.1) is 0 Å². The lowest BCUT2D eigenvalue weighted by atomic mass is 10.1. The van der Waals surface area contributed by atoms with E-state index in [2.05, 4.69) is 4.98 Å². The van der Waals surface area contributed by atoms with E-state index in [4.69, 9.17) is 0 Å². The van der Waals surface area contributed by atoms with Gasteiger partial charge < -0.3 is 4.98 Å². The van der Waals surface area contributed by atoms with Crippen molar-refractivity contribution < 1.29 is 13.6 Å². The molecule has 0 aliphatic heterocycles. The fourth-order valence-corrected chi connectivity index (χ4v) is 0.719. The lowest BCUT2D eigenvalue weighted by molar-refractivity contribution is 0.0222. The van der Waals surface area contributed by atoms with Gasteiger partial charge in [0.25, 0.3) is 0 Å². The van der Waals surface area contributed by atoms with E-state index in [1.165, 1.54) is 18.5 Å². The molecule has 0 aromatic carbocycles. The third-order valence-electron chi connectivity index (χ3n) is 1.26. The number of alkyl halides is 2. The van der Waals surface area contributed by atoms with Gasteiger partial charge in [0, 0.05) is 24.9 Å². The van der Waals surface area contributed by atoms with E-state index in [0.29, 0.717) is 6.92 Å². The monoisotopic (exact) mass is 159 g/mol. The van der Waals surface area contributed by atoms with Gasteiger partial charge >= 0.3 is 5.92 Å². The van der Waals surface area contributed by atoms with Crippen LogP contribution in [0.2, 0.25) is 0 Å². The Kier molecular flexibility index (Phi) is 1.76. The summed E-state index contributed by atoms with van der Waals surface area (Å²) < 4.78 is 24.6. The molecule has 0 saturated heterocycles. The first kappa shape index (κ1) is 7.91. The quantitative estimate of drug-likeness (QED) is 0.656. The minimum absolute atomic E-state index is 0.0116. The molecule has 0 amide bonds. The molecular formula is C7H7F2NO. The number of hydrogen-bond donors (Lipinski definition) is 1. The van der Waals surface area contributed by atoms with Crippen LogP contribution in [0.15, 0.2) is 18.5 Å². The molecule has 1 aromatic heterocycles. The molecule has 0 atom stereocenters. The number of rotatable bonds is 2. The lowest BCUT2D eigenvalue weighted by Gasteiger charge is -2.05. The van der Waals surface area contributed by atoms with Crippen molar-refractivity contribution in [2.45, 2.75) is 12.8 Å². The Morgan fingerprint density at radius 3 is 2.64 bits per heavy atom. The fraction of sp³-hybridized carbons (Fsp3) is 0.286. The van der Waals surface area contributed by atoms with Crippen LogP contribution in [0.25, 0.3) is 0 Å². The number of hydrogen-bond acceptors (Lipinski definition) is 1. The van der Waals surface area contributed by atoms with Gasteiger partial charge in [-0.2, -0.15) is 8.78 Å². The molecular weight excluding hydrogens is 152 g/mol. The van der Waals surface area contributed by atoms with E-state index in [-0.39, 0.29) is 5.56 Å². The summed E-state index contributed by atoms with van der Waals surface area (Å²) in [6, 6.07) is 1.32. The maximum absolute atomic E-state index is 12.3. The van der Waals surface area contributed by atoms with Crippen molar-refractivity contribution in [1.29, 1.82) is 0 Å². The van der Waals surface area contributed by atoms with Crippen molar-refractivity contribution in [2.24, 2.45) is 0 Å². The molecule has 11 heavy (non-hydrogen) atoms. The molecule has 0 aliphatic carbocycles. The zero-order valence-corrected chi connectivity index (χ0v) is 5.90. The van der Waals surface area contributed by atoms with E-state index < -0.39 is 11.7 Å². The molecule has 0 spiro atoms. The molecule has 1 N–H and O–H groups in total. The van der Waals surface area contributed by atoms with E-state index in [9.17, 15) is 13.6 Å². The van der Waals surface area contributed by atoms with Crippen LogP contribution in [0.4, 0.5) is 8.78 Å². The number of nitrogens with one attached hydrogen (secondary N) is 1. The fourth-order valence-electron chi connectivity index (χ4n) is 0.719. The van der Waals surface area contributed by atoms with Gasteiger partial charge in [-0.15, -0.1) is 0 Å². The highest BCUT2D eigenvalue weighted by Gasteiger charge is 2.33. The molecule has 60 valence electrons. The predicted molar refractivity (Wildman–Crippen MR) is 35.7 cm³/mol. The van der Waals surface area contributed by atoms with E-state index >= 15 is 0 Å². The summed E-state index contributed by atoms with van der Waals surface area (Å²) in [5, 5.41) is 0. The minimum atomic E-state index is -3.28. The first-order valence-corrected chi connectivity index (χ1v) is 3.07. The highest BCUT2D eigenvalue weighted by Crippen LogP contribution is 2.18. The van der Waals surface area contributed by atoms with Crippen molar-refractivity contribution in [3.8, 4) is 0 Å². The molecule has 4 heteroatoms. The minimum Gasteiger partial charge on any atom is -0.367 e. The smallest absolute Gasteiger partial charge is 0.307 e. The molecule has 0 saturated carbocycles. The number of aromatic amines is 1. The van der Waals surface area contributed by atoms with E-state index in [1.54, 1.807) is 0 Å². The lowest BCUT2D eigenvalue weighted by Crippen LogP contribution is -2.23. The molecule has 0 aliphatic rings. The summed E-state index contributed by atoms with van der Waals surface area (Å²) in [6.45, 7) is 0.586. The summed E-state index contributed by atoms with van der Waals surface area (Å²) in [5.74, 6) is -4.43. The summed E-state index contributed by atoms with van der Waals surface area (Å²) in [5.41, 5.74) is 0.0116. The van der Waals surface area contributed by atoms with Gasteiger partial charge in [0.15, 0.2) is 0 Å². The molecule has 0 fully saturated rings. The summed E-state index contributed by atoms with van der Waals surface area (Å²) in [4.78, 5) is 13.3. The number of ketones is 1. The standard InChI is InChI=1S/C7H7F2NO/c1-7(8,9)6(11)5-2-3-10-4-5/h2-4,10H,1H3. The number of halogens is 2. The average Bonchev–Trinajstić information content (AvgIpc) is 2.34. The first-order valence-electron chi connectivity index (χ1n) is 3.07. The second kappa shape index (κ2) is 2.45. The summed E-state index contributed by atoms with van der Waals surface area (Å²) in [6.07, 6.45) is 2.68. The number of carbonyl (C=O) groups excluding carboxylic acids is 1. The number of carbonyl (C=O) groups is 1. The number of H-pyrrole nitrogens is 1. The normalized spacial score (nSPS) is 11.5.